The highest BCUT2D eigenvalue weighted by Crippen LogP contribution is 2.04. The molecule has 3 heteroatoms. The molecule has 1 aromatic carbocycles. The van der Waals surface area contributed by atoms with Crippen LogP contribution in [0.2, 0.25) is 0 Å². The number of halogens is 2. The molecule has 1 aromatic rings. The van der Waals surface area contributed by atoms with Gasteiger partial charge in [-0.3, -0.25) is 0 Å². The van der Waals surface area contributed by atoms with E-state index in [1.807, 2.05) is 13.1 Å². The number of rotatable bonds is 5. The Morgan fingerprint density at radius 3 is 2.79 bits per heavy atom. The second-order valence-corrected chi connectivity index (χ2v) is 3.75. The third-order valence-electron chi connectivity index (χ3n) is 2.14. The zero-order chi connectivity index (χ0) is 10.4. The van der Waals surface area contributed by atoms with Crippen LogP contribution in [0.25, 0.3) is 0 Å². The fourth-order valence-corrected chi connectivity index (χ4v) is 1.56. The summed E-state index contributed by atoms with van der Waals surface area (Å²) in [6.07, 6.45) is 0.866. The molecule has 78 valence electrons. The van der Waals surface area contributed by atoms with Crippen LogP contribution in [0.5, 0.6) is 0 Å². The van der Waals surface area contributed by atoms with Gasteiger partial charge in [-0.2, -0.15) is 0 Å². The van der Waals surface area contributed by atoms with E-state index >= 15 is 0 Å². The first-order chi connectivity index (χ1) is 6.72. The number of hydrogen-bond acceptors (Lipinski definition) is 1. The Morgan fingerprint density at radius 2 is 2.14 bits per heavy atom. The van der Waals surface area contributed by atoms with Gasteiger partial charge in [0.1, 0.15) is 5.82 Å². The van der Waals surface area contributed by atoms with Gasteiger partial charge < -0.3 is 4.90 Å². The topological polar surface area (TPSA) is 3.24 Å². The predicted molar refractivity (Wildman–Crippen MR) is 58.3 cm³/mol. The van der Waals surface area contributed by atoms with Gasteiger partial charge in [-0.05, 0) is 31.2 Å². The Hall–Kier alpha value is -0.600. The van der Waals surface area contributed by atoms with Gasteiger partial charge in [0.15, 0.2) is 0 Å². The number of alkyl halides is 1. The van der Waals surface area contributed by atoms with Crippen molar-refractivity contribution >= 4 is 11.6 Å². The van der Waals surface area contributed by atoms with Crippen molar-refractivity contribution < 1.29 is 4.39 Å². The first kappa shape index (κ1) is 11.5. The lowest BCUT2D eigenvalue weighted by Crippen LogP contribution is -2.23. The second-order valence-electron chi connectivity index (χ2n) is 3.37. The Bertz CT molecular complexity index is 278. The van der Waals surface area contributed by atoms with Gasteiger partial charge in [-0.15, -0.1) is 11.6 Å². The highest BCUT2D eigenvalue weighted by Gasteiger charge is 1.99. The van der Waals surface area contributed by atoms with Gasteiger partial charge in [0.25, 0.3) is 0 Å². The first-order valence-corrected chi connectivity index (χ1v) is 5.25. The fourth-order valence-electron chi connectivity index (χ4n) is 1.27. The minimum Gasteiger partial charge on any atom is -0.305 e. The highest BCUT2D eigenvalue weighted by molar-refractivity contribution is 6.18. The predicted octanol–water partition coefficient (Wildman–Crippen LogP) is 2.54. The van der Waals surface area contributed by atoms with Crippen molar-refractivity contribution in [2.45, 2.75) is 6.42 Å². The summed E-state index contributed by atoms with van der Waals surface area (Å²) in [5, 5.41) is 0. The molecule has 0 fully saturated rings. The zero-order valence-corrected chi connectivity index (χ0v) is 9.10. The summed E-state index contributed by atoms with van der Waals surface area (Å²) in [5.41, 5.74) is 1.03. The van der Waals surface area contributed by atoms with E-state index in [1.54, 1.807) is 12.1 Å². The van der Waals surface area contributed by atoms with E-state index in [9.17, 15) is 4.39 Å². The molecule has 1 rings (SSSR count). The molecule has 0 aliphatic heterocycles. The number of likely N-dealkylation sites (N-methyl/N-ethyl adjacent to an activating group) is 1. The molecule has 0 amide bonds. The maximum Gasteiger partial charge on any atom is 0.123 e. The van der Waals surface area contributed by atoms with Crippen LogP contribution < -0.4 is 0 Å². The zero-order valence-electron chi connectivity index (χ0n) is 8.34. The highest BCUT2D eigenvalue weighted by atomic mass is 35.5. The summed E-state index contributed by atoms with van der Waals surface area (Å²) in [6, 6.07) is 6.73. The van der Waals surface area contributed by atoms with Gasteiger partial charge in [-0.1, -0.05) is 12.1 Å². The van der Waals surface area contributed by atoms with E-state index in [1.165, 1.54) is 6.07 Å². The lowest BCUT2D eigenvalue weighted by molar-refractivity contribution is 0.359. The number of hydrogen-bond donors (Lipinski definition) is 0. The molecule has 0 aromatic heterocycles. The van der Waals surface area contributed by atoms with Crippen molar-refractivity contribution in [2.75, 3.05) is 26.0 Å². The van der Waals surface area contributed by atoms with Crippen LogP contribution in [0.4, 0.5) is 4.39 Å². The largest absolute Gasteiger partial charge is 0.305 e. The monoisotopic (exact) mass is 215 g/mol. The summed E-state index contributed by atoms with van der Waals surface area (Å²) in [7, 11) is 2.02. The lowest BCUT2D eigenvalue weighted by atomic mass is 10.1. The van der Waals surface area contributed by atoms with Crippen molar-refractivity contribution in [3.05, 3.63) is 35.6 Å². The summed E-state index contributed by atoms with van der Waals surface area (Å²) >= 11 is 5.60. The van der Waals surface area contributed by atoms with E-state index in [0.29, 0.717) is 5.88 Å². The third-order valence-corrected chi connectivity index (χ3v) is 2.31. The summed E-state index contributed by atoms with van der Waals surface area (Å²) in [4.78, 5) is 2.14. The minimum absolute atomic E-state index is 0.164. The summed E-state index contributed by atoms with van der Waals surface area (Å²) in [6.45, 7) is 1.78. The van der Waals surface area contributed by atoms with Crippen LogP contribution >= 0.6 is 11.6 Å². The third kappa shape index (κ3) is 4.07. The van der Waals surface area contributed by atoms with Gasteiger partial charge in [0, 0.05) is 19.0 Å². The maximum absolute atomic E-state index is 12.8. The minimum atomic E-state index is -0.164. The molecular weight excluding hydrogens is 201 g/mol. The molecule has 0 saturated heterocycles. The molecule has 0 saturated carbocycles. The van der Waals surface area contributed by atoms with Crippen molar-refractivity contribution in [1.29, 1.82) is 0 Å². The van der Waals surface area contributed by atoms with E-state index < -0.39 is 0 Å². The quantitative estimate of drug-likeness (QED) is 0.683. The van der Waals surface area contributed by atoms with Crippen LogP contribution in [-0.4, -0.2) is 30.9 Å². The Balaban J connectivity index is 2.37. The maximum atomic E-state index is 12.8. The van der Waals surface area contributed by atoms with E-state index in [2.05, 4.69) is 4.90 Å². The van der Waals surface area contributed by atoms with Crippen LogP contribution in [0.1, 0.15) is 5.56 Å². The Morgan fingerprint density at radius 1 is 1.36 bits per heavy atom. The van der Waals surface area contributed by atoms with Crippen molar-refractivity contribution in [2.24, 2.45) is 0 Å². The van der Waals surface area contributed by atoms with Crippen LogP contribution in [0, 0.1) is 5.82 Å². The fraction of sp³-hybridized carbons (Fsp3) is 0.455. The average Bonchev–Trinajstić information content (AvgIpc) is 2.15. The van der Waals surface area contributed by atoms with Crippen molar-refractivity contribution in [1.82, 2.24) is 4.90 Å². The molecular formula is C11H15ClFN. The molecule has 14 heavy (non-hydrogen) atoms. The van der Waals surface area contributed by atoms with E-state index in [-0.39, 0.29) is 5.82 Å². The van der Waals surface area contributed by atoms with Crippen LogP contribution in [0.15, 0.2) is 24.3 Å². The molecule has 0 bridgehead atoms. The molecule has 0 unspecified atom stereocenters. The summed E-state index contributed by atoms with van der Waals surface area (Å²) < 4.78 is 12.8. The molecule has 0 N–H and O–H groups in total. The summed E-state index contributed by atoms with van der Waals surface area (Å²) in [5.74, 6) is 0.474. The van der Waals surface area contributed by atoms with Crippen LogP contribution in [0.3, 0.4) is 0 Å². The molecule has 0 spiro atoms. The van der Waals surface area contributed by atoms with Crippen LogP contribution in [-0.2, 0) is 6.42 Å². The number of benzene rings is 1. The normalized spacial score (nSPS) is 10.9. The Labute approximate surface area is 89.5 Å². The van der Waals surface area contributed by atoms with Gasteiger partial charge in [-0.25, -0.2) is 4.39 Å². The smallest absolute Gasteiger partial charge is 0.123 e. The SMILES string of the molecule is CN(CCCl)CCc1cccc(F)c1. The van der Waals surface area contributed by atoms with Crippen molar-refractivity contribution in [3.63, 3.8) is 0 Å². The molecule has 0 aliphatic rings. The molecule has 0 radical (unpaired) electrons. The molecule has 0 heterocycles. The van der Waals surface area contributed by atoms with E-state index in [0.717, 1.165) is 25.1 Å². The molecule has 0 atom stereocenters. The average molecular weight is 216 g/mol. The van der Waals surface area contributed by atoms with Gasteiger partial charge in [0.2, 0.25) is 0 Å². The van der Waals surface area contributed by atoms with Gasteiger partial charge >= 0.3 is 0 Å². The standard InChI is InChI=1S/C11H15ClFN/c1-14(8-6-12)7-5-10-3-2-4-11(13)9-10/h2-4,9H,5-8H2,1H3. The molecule has 1 nitrogen and oxygen atoms in total. The first-order valence-electron chi connectivity index (χ1n) is 4.71. The lowest BCUT2D eigenvalue weighted by Gasteiger charge is -2.14. The van der Waals surface area contributed by atoms with Crippen molar-refractivity contribution in [3.8, 4) is 0 Å². The number of nitrogens with zero attached hydrogens (tertiary/aromatic N) is 1. The van der Waals surface area contributed by atoms with E-state index in [4.69, 9.17) is 11.6 Å². The Kier molecular flexibility index (Phi) is 4.91. The van der Waals surface area contributed by atoms with Gasteiger partial charge in [0.05, 0.1) is 0 Å². The molecule has 0 aliphatic carbocycles. The second kappa shape index (κ2) is 5.99.